The zero-order chi connectivity index (χ0) is 31.9. The zero-order valence-corrected chi connectivity index (χ0v) is 26.5. The van der Waals surface area contributed by atoms with Crippen molar-refractivity contribution in [3.8, 4) is 28.7 Å². The summed E-state index contributed by atoms with van der Waals surface area (Å²) in [7, 11) is 4.67. The summed E-state index contributed by atoms with van der Waals surface area (Å²) in [5.41, 5.74) is 1.81. The van der Waals surface area contributed by atoms with Crippen molar-refractivity contribution in [3.63, 3.8) is 0 Å². The van der Waals surface area contributed by atoms with E-state index in [2.05, 4.69) is 4.99 Å². The molecule has 0 saturated heterocycles. The number of nitrogens with zero attached hydrogens (tertiary/aromatic N) is 2. The number of carbonyl (C=O) groups excluding carboxylic acids is 1. The number of hydrogen-bond acceptors (Lipinski definition) is 10. The molecule has 1 aliphatic rings. The number of hydrogen-bond donors (Lipinski definition) is 0. The molecule has 0 spiro atoms. The van der Waals surface area contributed by atoms with Crippen molar-refractivity contribution in [1.29, 1.82) is 0 Å². The highest BCUT2D eigenvalue weighted by Crippen LogP contribution is 2.36. The van der Waals surface area contributed by atoms with Crippen molar-refractivity contribution >= 4 is 23.4 Å². The van der Waals surface area contributed by atoms with Crippen LogP contribution in [0.25, 0.3) is 6.08 Å². The first-order valence-corrected chi connectivity index (χ1v) is 15.1. The van der Waals surface area contributed by atoms with Gasteiger partial charge in [-0.1, -0.05) is 47.7 Å². The Labute approximate surface area is 264 Å². The van der Waals surface area contributed by atoms with Crippen LogP contribution < -0.4 is 38.6 Å². The van der Waals surface area contributed by atoms with Gasteiger partial charge >= 0.3 is 5.97 Å². The number of aromatic nitrogens is 1. The van der Waals surface area contributed by atoms with Gasteiger partial charge in [0.25, 0.3) is 5.56 Å². The predicted molar refractivity (Wildman–Crippen MR) is 170 cm³/mol. The smallest absolute Gasteiger partial charge is 0.338 e. The second kappa shape index (κ2) is 14.2. The molecular weight excluding hydrogens is 596 g/mol. The zero-order valence-electron chi connectivity index (χ0n) is 25.7. The van der Waals surface area contributed by atoms with E-state index in [0.29, 0.717) is 54.9 Å². The number of rotatable bonds is 12. The molecule has 0 bridgehead atoms. The van der Waals surface area contributed by atoms with Gasteiger partial charge in [-0.2, -0.15) is 0 Å². The molecule has 4 aromatic rings. The molecule has 3 aromatic carbocycles. The third kappa shape index (κ3) is 6.58. The Morgan fingerprint density at radius 1 is 0.867 bits per heavy atom. The van der Waals surface area contributed by atoms with E-state index >= 15 is 0 Å². The molecule has 0 aliphatic carbocycles. The third-order valence-corrected chi connectivity index (χ3v) is 8.10. The number of ether oxygens (including phenoxy) is 6. The van der Waals surface area contributed by atoms with Crippen LogP contribution in [-0.2, 0) is 9.53 Å². The first-order valence-electron chi connectivity index (χ1n) is 14.3. The van der Waals surface area contributed by atoms with Crippen LogP contribution in [0.3, 0.4) is 0 Å². The highest BCUT2D eigenvalue weighted by molar-refractivity contribution is 7.07. The highest BCUT2D eigenvalue weighted by atomic mass is 32.1. The lowest BCUT2D eigenvalue weighted by Crippen LogP contribution is -2.40. The van der Waals surface area contributed by atoms with Crippen LogP contribution in [0.4, 0.5) is 0 Å². The minimum atomic E-state index is -0.791. The second-order valence-electron chi connectivity index (χ2n) is 9.80. The molecule has 0 fully saturated rings. The molecule has 1 aliphatic heterocycles. The van der Waals surface area contributed by atoms with E-state index in [-0.39, 0.29) is 31.0 Å². The Balaban J connectivity index is 1.51. The molecule has 10 nitrogen and oxygen atoms in total. The molecule has 0 unspecified atom stereocenters. The van der Waals surface area contributed by atoms with E-state index in [1.807, 2.05) is 48.5 Å². The molecule has 0 saturated carbocycles. The normalized spacial score (nSPS) is 14.3. The molecule has 1 aromatic heterocycles. The Bertz CT molecular complexity index is 1910. The largest absolute Gasteiger partial charge is 0.493 e. The van der Waals surface area contributed by atoms with Gasteiger partial charge in [-0.05, 0) is 55.8 Å². The summed E-state index contributed by atoms with van der Waals surface area (Å²) in [6.07, 6.45) is 1.77. The molecule has 234 valence electrons. The van der Waals surface area contributed by atoms with Gasteiger partial charge in [-0.25, -0.2) is 9.79 Å². The summed E-state index contributed by atoms with van der Waals surface area (Å²) < 4.78 is 35.5. The maximum atomic E-state index is 14.1. The Hall–Kier alpha value is -5.03. The molecule has 0 radical (unpaired) electrons. The molecule has 1 atom stereocenters. The van der Waals surface area contributed by atoms with Crippen molar-refractivity contribution in [2.24, 2.45) is 4.99 Å². The highest BCUT2D eigenvalue weighted by Gasteiger charge is 2.34. The summed E-state index contributed by atoms with van der Waals surface area (Å²) >= 11 is 1.23. The first kappa shape index (κ1) is 31.4. The van der Waals surface area contributed by atoms with Crippen LogP contribution >= 0.6 is 11.3 Å². The van der Waals surface area contributed by atoms with Crippen molar-refractivity contribution in [3.05, 3.63) is 109 Å². The van der Waals surface area contributed by atoms with Gasteiger partial charge in [0, 0.05) is 5.56 Å². The average molecular weight is 631 g/mol. The topological polar surface area (TPSA) is 107 Å². The first-order chi connectivity index (χ1) is 21.9. The van der Waals surface area contributed by atoms with E-state index in [4.69, 9.17) is 28.4 Å². The van der Waals surface area contributed by atoms with E-state index in [9.17, 15) is 9.59 Å². The van der Waals surface area contributed by atoms with Gasteiger partial charge in [0.05, 0.1) is 49.8 Å². The molecule has 0 N–H and O–H groups in total. The number of para-hydroxylation sites is 3. The summed E-state index contributed by atoms with van der Waals surface area (Å²) in [5, 5.41) is 0. The van der Waals surface area contributed by atoms with Gasteiger partial charge in [0.2, 0.25) is 0 Å². The maximum Gasteiger partial charge on any atom is 0.338 e. The molecular formula is C34H34N2O8S. The van der Waals surface area contributed by atoms with Crippen molar-refractivity contribution in [2.75, 3.05) is 41.2 Å². The predicted octanol–water partition coefficient (Wildman–Crippen LogP) is 4.28. The number of carbonyl (C=O) groups is 1. The maximum absolute atomic E-state index is 14.1. The van der Waals surface area contributed by atoms with Gasteiger partial charge < -0.3 is 28.4 Å². The molecule has 11 heteroatoms. The molecule has 5 rings (SSSR count). The molecule has 2 heterocycles. The van der Waals surface area contributed by atoms with E-state index in [1.54, 1.807) is 52.3 Å². The van der Waals surface area contributed by atoms with Crippen LogP contribution in [0, 0.1) is 0 Å². The van der Waals surface area contributed by atoms with E-state index in [0.717, 1.165) is 0 Å². The van der Waals surface area contributed by atoms with Crippen LogP contribution in [0.1, 0.15) is 31.0 Å². The van der Waals surface area contributed by atoms with E-state index < -0.39 is 12.0 Å². The van der Waals surface area contributed by atoms with Crippen molar-refractivity contribution < 1.29 is 33.2 Å². The van der Waals surface area contributed by atoms with Gasteiger partial charge in [-0.3, -0.25) is 9.36 Å². The van der Waals surface area contributed by atoms with Crippen molar-refractivity contribution in [2.45, 2.75) is 19.9 Å². The van der Waals surface area contributed by atoms with Crippen LogP contribution in [0.2, 0.25) is 0 Å². The Morgan fingerprint density at radius 2 is 1.49 bits per heavy atom. The number of allylic oxidation sites excluding steroid dienone is 1. The summed E-state index contributed by atoms with van der Waals surface area (Å²) in [5.74, 6) is 2.31. The lowest BCUT2D eigenvalue weighted by molar-refractivity contribution is -0.139. The SMILES string of the molecule is CCOC(=O)C1=C(C)N=c2s/c(=C\c3ccccc3OCCOc3ccccc3OC)c(=O)n2[C@@H]1c1ccc(OC)c(OC)c1. The summed E-state index contributed by atoms with van der Waals surface area (Å²) in [4.78, 5) is 32.4. The number of methoxy groups -OCH3 is 3. The minimum absolute atomic E-state index is 0.180. The minimum Gasteiger partial charge on any atom is -0.493 e. The van der Waals surface area contributed by atoms with Gasteiger partial charge in [0.15, 0.2) is 27.8 Å². The Morgan fingerprint density at radius 3 is 2.18 bits per heavy atom. The fourth-order valence-corrected chi connectivity index (χ4v) is 6.08. The lowest BCUT2D eigenvalue weighted by Gasteiger charge is -2.25. The summed E-state index contributed by atoms with van der Waals surface area (Å²) in [6.45, 7) is 4.22. The molecule has 45 heavy (non-hydrogen) atoms. The number of benzene rings is 3. The van der Waals surface area contributed by atoms with Crippen LogP contribution in [-0.4, -0.2) is 51.7 Å². The quantitative estimate of drug-likeness (QED) is 0.169. The monoisotopic (exact) mass is 630 g/mol. The Kier molecular flexibility index (Phi) is 9.89. The number of esters is 1. The van der Waals surface area contributed by atoms with Gasteiger partial charge in [0.1, 0.15) is 19.0 Å². The van der Waals surface area contributed by atoms with E-state index in [1.165, 1.54) is 23.0 Å². The fraction of sp³-hybridized carbons (Fsp3) is 0.265. The third-order valence-electron chi connectivity index (χ3n) is 7.11. The average Bonchev–Trinajstić information content (AvgIpc) is 3.36. The van der Waals surface area contributed by atoms with Crippen LogP contribution in [0.5, 0.6) is 28.7 Å². The fourth-order valence-electron chi connectivity index (χ4n) is 5.04. The summed E-state index contributed by atoms with van der Waals surface area (Å²) in [6, 6.07) is 19.4. The van der Waals surface area contributed by atoms with Crippen LogP contribution in [0.15, 0.2) is 87.8 Å². The standard InChI is InChI=1S/C34H34N2O8S/c1-6-42-33(38)30-21(2)35-34-36(31(30)23-15-16-26(40-4)28(19-23)41-5)32(37)29(45-34)20-22-11-7-8-12-24(22)43-17-18-44-27-14-10-9-13-25(27)39-3/h7-16,19-20,31H,6,17-18H2,1-5H3/b29-20-/t31-/m1/s1. The molecule has 0 amide bonds. The number of thiazole rings is 1. The lowest BCUT2D eigenvalue weighted by atomic mass is 9.95. The number of fused-ring (bicyclic) bond motifs is 1. The second-order valence-corrected chi connectivity index (χ2v) is 10.8. The van der Waals surface area contributed by atoms with Crippen molar-refractivity contribution in [1.82, 2.24) is 4.57 Å². The van der Waals surface area contributed by atoms with Gasteiger partial charge in [-0.15, -0.1) is 0 Å².